The minimum Gasteiger partial charge on any atom is -0.454 e. The Balaban J connectivity index is 1.75. The lowest BCUT2D eigenvalue weighted by Crippen LogP contribution is -2.13. The lowest BCUT2D eigenvalue weighted by molar-refractivity contribution is 0.0461. The van der Waals surface area contributed by atoms with Gasteiger partial charge in [0.25, 0.3) is 0 Å². The van der Waals surface area contributed by atoms with Gasteiger partial charge in [0.2, 0.25) is 21.9 Å². The SMILES string of the molecule is Cc1cc(C(=O)OCc2nc(N)nc(N)n2)c(C)n1Cc1ccc(S(N)(=O)=O)cc1. The van der Waals surface area contributed by atoms with Gasteiger partial charge in [-0.05, 0) is 37.6 Å². The van der Waals surface area contributed by atoms with Crippen molar-refractivity contribution in [2.45, 2.75) is 31.9 Å². The van der Waals surface area contributed by atoms with Crippen molar-refractivity contribution in [2.24, 2.45) is 5.14 Å². The smallest absolute Gasteiger partial charge is 0.340 e. The van der Waals surface area contributed by atoms with E-state index in [2.05, 4.69) is 15.0 Å². The van der Waals surface area contributed by atoms with Crippen LogP contribution in [0.25, 0.3) is 0 Å². The fourth-order valence-corrected chi connectivity index (χ4v) is 3.46. The molecule has 3 rings (SSSR count). The number of ether oxygens (including phenoxy) is 1. The van der Waals surface area contributed by atoms with Crippen molar-refractivity contribution in [3.63, 3.8) is 0 Å². The van der Waals surface area contributed by atoms with Gasteiger partial charge < -0.3 is 20.8 Å². The summed E-state index contributed by atoms with van der Waals surface area (Å²) in [7, 11) is -3.75. The number of hydrogen-bond acceptors (Lipinski definition) is 9. The number of esters is 1. The van der Waals surface area contributed by atoms with Gasteiger partial charge in [0.05, 0.1) is 10.5 Å². The molecular weight excluding hydrogens is 410 g/mol. The first-order valence-electron chi connectivity index (χ1n) is 8.76. The predicted octanol–water partition coefficient (Wildman–Crippen LogP) is 0.507. The molecule has 0 spiro atoms. The zero-order valence-corrected chi connectivity index (χ0v) is 17.2. The number of anilines is 2. The molecule has 3 aromatic rings. The number of aromatic nitrogens is 4. The number of aryl methyl sites for hydroxylation is 1. The number of nitrogen functional groups attached to an aromatic ring is 2. The monoisotopic (exact) mass is 431 g/mol. The summed E-state index contributed by atoms with van der Waals surface area (Å²) in [5, 5.41) is 5.12. The number of sulfonamides is 1. The Morgan fingerprint density at radius 3 is 2.23 bits per heavy atom. The predicted molar refractivity (Wildman–Crippen MR) is 109 cm³/mol. The molecular formula is C18H21N7O4S. The van der Waals surface area contributed by atoms with E-state index in [1.165, 1.54) is 12.1 Å². The second-order valence-electron chi connectivity index (χ2n) is 6.60. The Hall–Kier alpha value is -3.51. The van der Waals surface area contributed by atoms with E-state index in [4.69, 9.17) is 21.3 Å². The maximum atomic E-state index is 12.5. The van der Waals surface area contributed by atoms with Crippen molar-refractivity contribution in [2.75, 3.05) is 11.5 Å². The lowest BCUT2D eigenvalue weighted by atomic mass is 10.2. The van der Waals surface area contributed by atoms with Crippen molar-refractivity contribution in [1.82, 2.24) is 19.5 Å². The molecule has 0 radical (unpaired) electrons. The number of nitrogens with zero attached hydrogens (tertiary/aromatic N) is 4. The van der Waals surface area contributed by atoms with Crippen LogP contribution in [0.2, 0.25) is 0 Å². The third kappa shape index (κ3) is 4.72. The first-order valence-corrected chi connectivity index (χ1v) is 10.3. The van der Waals surface area contributed by atoms with Gasteiger partial charge in [0.15, 0.2) is 12.4 Å². The van der Waals surface area contributed by atoms with Crippen LogP contribution in [0.5, 0.6) is 0 Å². The van der Waals surface area contributed by atoms with Gasteiger partial charge in [0, 0.05) is 17.9 Å². The van der Waals surface area contributed by atoms with Crippen LogP contribution in [0, 0.1) is 13.8 Å². The number of primary sulfonamides is 1. The number of rotatable bonds is 6. The van der Waals surface area contributed by atoms with Crippen molar-refractivity contribution in [1.29, 1.82) is 0 Å². The van der Waals surface area contributed by atoms with E-state index >= 15 is 0 Å². The first kappa shape index (κ1) is 21.2. The molecule has 0 atom stereocenters. The van der Waals surface area contributed by atoms with Gasteiger partial charge >= 0.3 is 5.97 Å². The molecule has 1 aromatic carbocycles. The van der Waals surface area contributed by atoms with Gasteiger partial charge in [0.1, 0.15) is 0 Å². The molecule has 0 saturated carbocycles. The molecule has 0 aliphatic heterocycles. The van der Waals surface area contributed by atoms with Gasteiger partial charge in [-0.3, -0.25) is 0 Å². The first-order chi connectivity index (χ1) is 14.0. The topological polar surface area (TPSA) is 182 Å². The number of benzene rings is 1. The highest BCUT2D eigenvalue weighted by atomic mass is 32.2. The zero-order chi connectivity index (χ0) is 22.1. The molecule has 0 bridgehead atoms. The molecule has 12 heteroatoms. The maximum absolute atomic E-state index is 12.5. The Kier molecular flexibility index (Phi) is 5.71. The highest BCUT2D eigenvalue weighted by Crippen LogP contribution is 2.19. The fraction of sp³-hybridized carbons (Fsp3) is 0.222. The average molecular weight is 431 g/mol. The van der Waals surface area contributed by atoms with E-state index in [0.717, 1.165) is 11.3 Å². The summed E-state index contributed by atoms with van der Waals surface area (Å²) in [5.41, 5.74) is 13.8. The maximum Gasteiger partial charge on any atom is 0.340 e. The number of nitrogens with two attached hydrogens (primary N) is 3. The highest BCUT2D eigenvalue weighted by Gasteiger charge is 2.18. The minimum absolute atomic E-state index is 0.0380. The van der Waals surface area contributed by atoms with Crippen molar-refractivity contribution in [3.05, 3.63) is 58.7 Å². The molecule has 2 heterocycles. The Morgan fingerprint density at radius 1 is 1.07 bits per heavy atom. The molecule has 0 fully saturated rings. The Labute approximate surface area is 173 Å². The summed E-state index contributed by atoms with van der Waals surface area (Å²) in [5.74, 6) is -0.506. The summed E-state index contributed by atoms with van der Waals surface area (Å²) in [6, 6.07) is 7.95. The van der Waals surface area contributed by atoms with Gasteiger partial charge in [-0.2, -0.15) is 15.0 Å². The van der Waals surface area contributed by atoms with Crippen LogP contribution in [-0.4, -0.2) is 33.9 Å². The van der Waals surface area contributed by atoms with Crippen molar-refractivity contribution < 1.29 is 17.9 Å². The Morgan fingerprint density at radius 2 is 1.67 bits per heavy atom. The van der Waals surface area contributed by atoms with Gasteiger partial charge in [-0.1, -0.05) is 12.1 Å². The largest absolute Gasteiger partial charge is 0.454 e. The molecule has 0 amide bonds. The van der Waals surface area contributed by atoms with Crippen LogP contribution in [0.4, 0.5) is 11.9 Å². The van der Waals surface area contributed by atoms with Crippen LogP contribution in [-0.2, 0) is 27.9 Å². The molecule has 0 aliphatic rings. The third-order valence-corrected chi connectivity index (χ3v) is 5.36. The van der Waals surface area contributed by atoms with E-state index < -0.39 is 16.0 Å². The lowest BCUT2D eigenvalue weighted by Gasteiger charge is -2.11. The molecule has 0 saturated heterocycles. The zero-order valence-electron chi connectivity index (χ0n) is 16.4. The fourth-order valence-electron chi connectivity index (χ4n) is 2.95. The van der Waals surface area contributed by atoms with Gasteiger partial charge in [-0.15, -0.1) is 0 Å². The quantitative estimate of drug-likeness (QED) is 0.468. The number of carbonyl (C=O) groups excluding carboxylic acids is 1. The van der Waals surface area contributed by atoms with E-state index in [-0.39, 0.29) is 29.2 Å². The standard InChI is InChI=1S/C18H21N7O4S/c1-10-7-14(16(26)29-9-15-22-17(19)24-18(20)23-15)11(2)25(10)8-12-3-5-13(6-4-12)30(21,27)28/h3-7H,8-9H2,1-2H3,(H2,21,27,28)(H4,19,20,22,23,24). The van der Waals surface area contributed by atoms with Gasteiger partial charge in [-0.25, -0.2) is 18.4 Å². The van der Waals surface area contributed by atoms with E-state index in [1.54, 1.807) is 25.1 Å². The summed E-state index contributed by atoms with van der Waals surface area (Å²) < 4.78 is 30.0. The van der Waals surface area contributed by atoms with E-state index in [1.807, 2.05) is 11.5 Å². The highest BCUT2D eigenvalue weighted by molar-refractivity contribution is 7.89. The average Bonchev–Trinajstić information content (AvgIpc) is 2.93. The van der Waals surface area contributed by atoms with Crippen LogP contribution >= 0.6 is 0 Å². The summed E-state index contributed by atoms with van der Waals surface area (Å²) in [6.07, 6.45) is 0. The molecule has 0 aliphatic carbocycles. The summed E-state index contributed by atoms with van der Waals surface area (Å²) >= 11 is 0. The number of carbonyl (C=O) groups is 1. The molecule has 2 aromatic heterocycles. The second kappa shape index (κ2) is 8.08. The molecule has 11 nitrogen and oxygen atoms in total. The summed E-state index contributed by atoms with van der Waals surface area (Å²) in [6.45, 7) is 3.89. The second-order valence-corrected chi connectivity index (χ2v) is 8.17. The molecule has 0 unspecified atom stereocenters. The Bertz CT molecular complexity index is 1180. The van der Waals surface area contributed by atoms with Crippen LogP contribution in [0.3, 0.4) is 0 Å². The molecule has 30 heavy (non-hydrogen) atoms. The third-order valence-electron chi connectivity index (χ3n) is 4.43. The van der Waals surface area contributed by atoms with Crippen LogP contribution < -0.4 is 16.6 Å². The van der Waals surface area contributed by atoms with Crippen molar-refractivity contribution in [3.8, 4) is 0 Å². The molecule has 158 valence electrons. The van der Waals surface area contributed by atoms with Crippen LogP contribution in [0.15, 0.2) is 35.2 Å². The van der Waals surface area contributed by atoms with Crippen LogP contribution in [0.1, 0.15) is 33.1 Å². The molecule has 6 N–H and O–H groups in total. The van der Waals surface area contributed by atoms with Crippen molar-refractivity contribution >= 4 is 27.9 Å². The van der Waals surface area contributed by atoms with E-state index in [9.17, 15) is 13.2 Å². The minimum atomic E-state index is -3.75. The normalized spacial score (nSPS) is 11.4. The number of hydrogen-bond donors (Lipinski definition) is 3. The summed E-state index contributed by atoms with van der Waals surface area (Å²) in [4.78, 5) is 24.0. The van der Waals surface area contributed by atoms with E-state index in [0.29, 0.717) is 17.8 Å².